The maximum absolute atomic E-state index is 5.53. The van der Waals surface area contributed by atoms with Gasteiger partial charge in [0.1, 0.15) is 5.01 Å². The second-order valence-corrected chi connectivity index (χ2v) is 4.51. The van der Waals surface area contributed by atoms with Gasteiger partial charge in [0.2, 0.25) is 6.79 Å². The Hall–Kier alpha value is -1.59. The highest BCUT2D eigenvalue weighted by molar-refractivity contribution is 7.15. The van der Waals surface area contributed by atoms with Crippen LogP contribution in [0.25, 0.3) is 10.4 Å². The number of hydrogen-bond acceptors (Lipinski definition) is 5. The molecule has 0 radical (unpaired) electrons. The Morgan fingerprint density at radius 3 is 3.00 bits per heavy atom. The van der Waals surface area contributed by atoms with Crippen LogP contribution >= 0.6 is 11.3 Å². The summed E-state index contributed by atoms with van der Waals surface area (Å²) in [7, 11) is 0. The molecule has 0 bridgehead atoms. The molecule has 2 aromatic rings. The maximum atomic E-state index is 5.53. The van der Waals surface area contributed by atoms with Gasteiger partial charge in [-0.15, -0.1) is 11.3 Å². The second kappa shape index (κ2) is 3.77. The third-order valence-electron chi connectivity index (χ3n) is 2.39. The molecule has 0 fully saturated rings. The van der Waals surface area contributed by atoms with E-state index in [0.717, 1.165) is 26.9 Å². The lowest BCUT2D eigenvalue weighted by Gasteiger charge is -1.99. The normalized spacial score (nSPS) is 13.1. The SMILES string of the molecule is NCc1ncc(-c2ccc3c(c2)OCO3)s1. The van der Waals surface area contributed by atoms with E-state index < -0.39 is 0 Å². The number of rotatable bonds is 2. The number of nitrogens with two attached hydrogens (primary N) is 1. The predicted molar refractivity (Wildman–Crippen MR) is 61.6 cm³/mol. The van der Waals surface area contributed by atoms with Gasteiger partial charge in [-0.1, -0.05) is 0 Å². The molecule has 16 heavy (non-hydrogen) atoms. The molecule has 0 saturated carbocycles. The van der Waals surface area contributed by atoms with Gasteiger partial charge >= 0.3 is 0 Å². The number of nitrogens with zero attached hydrogens (tertiary/aromatic N) is 1. The standard InChI is InChI=1S/C11H10N2O2S/c12-4-11-13-5-10(16-11)7-1-2-8-9(3-7)15-6-14-8/h1-3,5H,4,6,12H2. The van der Waals surface area contributed by atoms with Crippen molar-refractivity contribution in [3.63, 3.8) is 0 Å². The smallest absolute Gasteiger partial charge is 0.231 e. The fraction of sp³-hybridized carbons (Fsp3) is 0.182. The first-order chi connectivity index (χ1) is 7.86. The van der Waals surface area contributed by atoms with E-state index in [1.807, 2.05) is 24.4 Å². The van der Waals surface area contributed by atoms with Gasteiger partial charge in [-0.25, -0.2) is 4.98 Å². The Balaban J connectivity index is 2.00. The van der Waals surface area contributed by atoms with Gasteiger partial charge in [0.05, 0.1) is 4.88 Å². The minimum Gasteiger partial charge on any atom is -0.454 e. The highest BCUT2D eigenvalue weighted by Gasteiger charge is 2.14. The van der Waals surface area contributed by atoms with Crippen LogP contribution in [0.4, 0.5) is 0 Å². The van der Waals surface area contributed by atoms with Crippen LogP contribution < -0.4 is 15.2 Å². The fourth-order valence-electron chi connectivity index (χ4n) is 1.59. The zero-order chi connectivity index (χ0) is 11.0. The summed E-state index contributed by atoms with van der Waals surface area (Å²) < 4.78 is 10.6. The summed E-state index contributed by atoms with van der Waals surface area (Å²) in [5, 5.41) is 0.938. The first-order valence-electron chi connectivity index (χ1n) is 4.91. The largest absolute Gasteiger partial charge is 0.454 e. The van der Waals surface area contributed by atoms with Crippen LogP contribution in [0.5, 0.6) is 11.5 Å². The molecule has 2 heterocycles. The molecule has 4 nitrogen and oxygen atoms in total. The minimum absolute atomic E-state index is 0.301. The number of aromatic nitrogens is 1. The molecule has 3 rings (SSSR count). The third kappa shape index (κ3) is 1.54. The lowest BCUT2D eigenvalue weighted by molar-refractivity contribution is 0.174. The first kappa shape index (κ1) is 9.62. The average molecular weight is 234 g/mol. The Morgan fingerprint density at radius 2 is 2.19 bits per heavy atom. The van der Waals surface area contributed by atoms with Crippen molar-refractivity contribution in [1.82, 2.24) is 4.98 Å². The second-order valence-electron chi connectivity index (χ2n) is 3.39. The number of benzene rings is 1. The monoisotopic (exact) mass is 234 g/mol. The quantitative estimate of drug-likeness (QED) is 0.863. The average Bonchev–Trinajstić information content (AvgIpc) is 2.96. The van der Waals surface area contributed by atoms with Crippen LogP contribution in [0.2, 0.25) is 0 Å². The van der Waals surface area contributed by atoms with E-state index >= 15 is 0 Å². The molecule has 0 unspecified atom stereocenters. The molecule has 82 valence electrons. The van der Waals surface area contributed by atoms with Crippen molar-refractivity contribution in [3.8, 4) is 21.9 Å². The number of thiazole rings is 1. The molecular formula is C11H10N2O2S. The van der Waals surface area contributed by atoms with Gasteiger partial charge < -0.3 is 15.2 Å². The van der Waals surface area contributed by atoms with Crippen LogP contribution in [0.15, 0.2) is 24.4 Å². The van der Waals surface area contributed by atoms with Crippen molar-refractivity contribution < 1.29 is 9.47 Å². The van der Waals surface area contributed by atoms with Gasteiger partial charge in [-0.05, 0) is 23.8 Å². The molecule has 1 aromatic heterocycles. The first-order valence-corrected chi connectivity index (χ1v) is 5.73. The summed E-state index contributed by atoms with van der Waals surface area (Å²) >= 11 is 1.60. The van der Waals surface area contributed by atoms with E-state index in [0.29, 0.717) is 13.3 Å². The van der Waals surface area contributed by atoms with E-state index in [2.05, 4.69) is 4.98 Å². The Labute approximate surface area is 96.6 Å². The van der Waals surface area contributed by atoms with Crippen molar-refractivity contribution in [2.24, 2.45) is 5.73 Å². The van der Waals surface area contributed by atoms with Crippen molar-refractivity contribution in [3.05, 3.63) is 29.4 Å². The van der Waals surface area contributed by atoms with Gasteiger partial charge in [0, 0.05) is 12.7 Å². The number of hydrogen-bond donors (Lipinski definition) is 1. The molecule has 0 spiro atoms. The van der Waals surface area contributed by atoms with Crippen molar-refractivity contribution >= 4 is 11.3 Å². The van der Waals surface area contributed by atoms with Crippen molar-refractivity contribution in [2.45, 2.75) is 6.54 Å². The fourth-order valence-corrected chi connectivity index (χ4v) is 2.38. The van der Waals surface area contributed by atoms with Gasteiger partial charge in [-0.2, -0.15) is 0 Å². The highest BCUT2D eigenvalue weighted by Crippen LogP contribution is 2.37. The van der Waals surface area contributed by atoms with Crippen LogP contribution in [0.3, 0.4) is 0 Å². The molecule has 0 aliphatic carbocycles. The minimum atomic E-state index is 0.301. The zero-order valence-corrected chi connectivity index (χ0v) is 9.29. The Kier molecular flexibility index (Phi) is 2.27. The summed E-state index contributed by atoms with van der Waals surface area (Å²) in [6.45, 7) is 0.782. The molecule has 0 amide bonds. The molecular weight excluding hydrogens is 224 g/mol. The maximum Gasteiger partial charge on any atom is 0.231 e. The van der Waals surface area contributed by atoms with Crippen LogP contribution in [0.1, 0.15) is 5.01 Å². The third-order valence-corrected chi connectivity index (χ3v) is 3.45. The van der Waals surface area contributed by atoms with E-state index in [-0.39, 0.29) is 0 Å². The topological polar surface area (TPSA) is 57.4 Å². The summed E-state index contributed by atoms with van der Waals surface area (Å²) in [5.41, 5.74) is 6.62. The van der Waals surface area contributed by atoms with Gasteiger partial charge in [0.25, 0.3) is 0 Å². The van der Waals surface area contributed by atoms with Crippen LogP contribution in [0, 0.1) is 0 Å². The number of ether oxygens (including phenoxy) is 2. The zero-order valence-electron chi connectivity index (χ0n) is 8.47. The lowest BCUT2D eigenvalue weighted by Crippen LogP contribution is -1.93. The molecule has 1 aliphatic rings. The van der Waals surface area contributed by atoms with E-state index in [1.54, 1.807) is 11.3 Å². The van der Waals surface area contributed by atoms with Gasteiger partial charge in [0.15, 0.2) is 11.5 Å². The molecule has 1 aliphatic heterocycles. The molecule has 0 atom stereocenters. The number of fused-ring (bicyclic) bond motifs is 1. The van der Waals surface area contributed by atoms with E-state index in [1.165, 1.54) is 0 Å². The van der Waals surface area contributed by atoms with Crippen molar-refractivity contribution in [2.75, 3.05) is 6.79 Å². The molecule has 5 heteroatoms. The summed E-state index contributed by atoms with van der Waals surface area (Å²) in [6, 6.07) is 5.89. The molecule has 1 aromatic carbocycles. The van der Waals surface area contributed by atoms with Crippen molar-refractivity contribution in [1.29, 1.82) is 0 Å². The predicted octanol–water partition coefficient (Wildman–Crippen LogP) is 2.00. The molecule has 2 N–H and O–H groups in total. The Morgan fingerprint density at radius 1 is 1.31 bits per heavy atom. The summed E-state index contributed by atoms with van der Waals surface area (Å²) in [4.78, 5) is 5.32. The molecule has 0 saturated heterocycles. The van der Waals surface area contributed by atoms with Gasteiger partial charge in [-0.3, -0.25) is 0 Å². The summed E-state index contributed by atoms with van der Waals surface area (Å²) in [6.07, 6.45) is 1.84. The van der Waals surface area contributed by atoms with E-state index in [9.17, 15) is 0 Å². The highest BCUT2D eigenvalue weighted by atomic mass is 32.1. The van der Waals surface area contributed by atoms with Crippen LogP contribution in [-0.2, 0) is 6.54 Å². The Bertz CT molecular complexity index is 524. The van der Waals surface area contributed by atoms with Crippen LogP contribution in [-0.4, -0.2) is 11.8 Å². The lowest BCUT2D eigenvalue weighted by atomic mass is 10.2. The van der Waals surface area contributed by atoms with E-state index in [4.69, 9.17) is 15.2 Å². The summed E-state index contributed by atoms with van der Waals surface area (Å²) in [5.74, 6) is 1.59.